The number of hydrogen-bond donors (Lipinski definition) is 1. The van der Waals surface area contributed by atoms with Gasteiger partial charge in [-0.25, -0.2) is 0 Å². The molecule has 0 bridgehead atoms. The Morgan fingerprint density at radius 1 is 1.07 bits per heavy atom. The molecule has 1 aliphatic carbocycles. The molecule has 0 saturated carbocycles. The van der Waals surface area contributed by atoms with Crippen molar-refractivity contribution in [2.75, 3.05) is 6.61 Å². The van der Waals surface area contributed by atoms with Crippen LogP contribution in [0.5, 0.6) is 0 Å². The van der Waals surface area contributed by atoms with Gasteiger partial charge in [0.15, 0.2) is 0 Å². The number of rotatable bonds is 4. The summed E-state index contributed by atoms with van der Waals surface area (Å²) in [5, 5.41) is 8.75. The van der Waals surface area contributed by atoms with Gasteiger partial charge < -0.3 is 5.11 Å². The Morgan fingerprint density at radius 3 is 2.14 bits per heavy atom. The van der Waals surface area contributed by atoms with Crippen molar-refractivity contribution in [3.05, 3.63) is 22.3 Å². The minimum atomic E-state index is 0.325. The first-order chi connectivity index (χ1) is 6.59. The van der Waals surface area contributed by atoms with Crippen LogP contribution in [0.2, 0.25) is 0 Å². The Hall–Kier alpha value is -0.560. The van der Waals surface area contributed by atoms with Crippen molar-refractivity contribution in [2.45, 2.75) is 47.0 Å². The van der Waals surface area contributed by atoms with E-state index in [0.29, 0.717) is 12.5 Å². The quantitative estimate of drug-likeness (QED) is 0.680. The highest BCUT2D eigenvalue weighted by Gasteiger charge is 2.22. The summed E-state index contributed by atoms with van der Waals surface area (Å²) in [5.74, 6) is 0.633. The predicted molar refractivity (Wildman–Crippen MR) is 61.2 cm³/mol. The van der Waals surface area contributed by atoms with Gasteiger partial charge in [0, 0.05) is 6.61 Å². The summed E-state index contributed by atoms with van der Waals surface area (Å²) >= 11 is 0. The molecule has 1 rings (SSSR count). The third-order valence-electron chi connectivity index (χ3n) is 3.66. The lowest BCUT2D eigenvalue weighted by Gasteiger charge is -2.12. The zero-order valence-electron chi connectivity index (χ0n) is 9.85. The van der Waals surface area contributed by atoms with Crippen molar-refractivity contribution in [2.24, 2.45) is 5.92 Å². The fraction of sp³-hybridized carbons (Fsp3) is 0.692. The van der Waals surface area contributed by atoms with E-state index in [0.717, 1.165) is 19.3 Å². The van der Waals surface area contributed by atoms with Gasteiger partial charge in [-0.2, -0.15) is 0 Å². The molecule has 1 nitrogen and oxygen atoms in total. The zero-order chi connectivity index (χ0) is 10.7. The Kier molecular flexibility index (Phi) is 3.94. The van der Waals surface area contributed by atoms with Crippen LogP contribution in [-0.4, -0.2) is 11.7 Å². The SMILES string of the molecule is CC1=C(C)C(C)C(CCCCO)=C1C. The van der Waals surface area contributed by atoms with Crippen molar-refractivity contribution in [3.8, 4) is 0 Å². The molecule has 0 amide bonds. The van der Waals surface area contributed by atoms with E-state index in [2.05, 4.69) is 27.7 Å². The first-order valence-electron chi connectivity index (χ1n) is 5.57. The van der Waals surface area contributed by atoms with Crippen LogP contribution in [0.25, 0.3) is 0 Å². The lowest BCUT2D eigenvalue weighted by atomic mass is 9.94. The maximum absolute atomic E-state index is 8.75. The molecule has 0 saturated heterocycles. The molecule has 0 aromatic rings. The lowest BCUT2D eigenvalue weighted by molar-refractivity contribution is 0.284. The average Bonchev–Trinajstić information content (AvgIpc) is 2.35. The molecule has 80 valence electrons. The van der Waals surface area contributed by atoms with Crippen molar-refractivity contribution in [1.29, 1.82) is 0 Å². The van der Waals surface area contributed by atoms with Crippen molar-refractivity contribution >= 4 is 0 Å². The molecule has 1 aliphatic rings. The molecule has 1 atom stereocenters. The Morgan fingerprint density at radius 2 is 1.71 bits per heavy atom. The predicted octanol–water partition coefficient (Wildman–Crippen LogP) is 3.45. The van der Waals surface area contributed by atoms with E-state index in [-0.39, 0.29) is 0 Å². The molecule has 0 radical (unpaired) electrons. The van der Waals surface area contributed by atoms with Gasteiger partial charge in [0.1, 0.15) is 0 Å². The van der Waals surface area contributed by atoms with Crippen LogP contribution in [0.4, 0.5) is 0 Å². The van der Waals surface area contributed by atoms with Gasteiger partial charge in [-0.3, -0.25) is 0 Å². The lowest BCUT2D eigenvalue weighted by Crippen LogP contribution is -1.98. The molecular formula is C13H22O. The average molecular weight is 194 g/mol. The van der Waals surface area contributed by atoms with Crippen LogP contribution in [0.3, 0.4) is 0 Å². The first kappa shape index (κ1) is 11.5. The molecule has 0 aromatic heterocycles. The summed E-state index contributed by atoms with van der Waals surface area (Å²) < 4.78 is 0. The molecule has 14 heavy (non-hydrogen) atoms. The largest absolute Gasteiger partial charge is 0.396 e. The van der Waals surface area contributed by atoms with E-state index < -0.39 is 0 Å². The normalized spacial score (nSPS) is 22.5. The van der Waals surface area contributed by atoms with Crippen LogP contribution in [0, 0.1) is 5.92 Å². The summed E-state index contributed by atoms with van der Waals surface area (Å²) in [4.78, 5) is 0. The second-order valence-electron chi connectivity index (χ2n) is 4.36. The molecule has 0 spiro atoms. The number of allylic oxidation sites excluding steroid dienone is 4. The van der Waals surface area contributed by atoms with Crippen LogP contribution in [-0.2, 0) is 0 Å². The molecule has 1 unspecified atom stereocenters. The van der Waals surface area contributed by atoms with E-state index >= 15 is 0 Å². The standard InChI is InChI=1S/C13H22O/c1-9-10(2)12(4)13(11(9)3)7-5-6-8-14/h11,14H,5-8H2,1-4H3. The van der Waals surface area contributed by atoms with E-state index in [9.17, 15) is 0 Å². The van der Waals surface area contributed by atoms with Gasteiger partial charge in [0.25, 0.3) is 0 Å². The van der Waals surface area contributed by atoms with Crippen molar-refractivity contribution < 1.29 is 5.11 Å². The Labute approximate surface area is 87.5 Å². The fourth-order valence-electron chi connectivity index (χ4n) is 2.28. The van der Waals surface area contributed by atoms with Gasteiger partial charge in [-0.15, -0.1) is 0 Å². The van der Waals surface area contributed by atoms with Gasteiger partial charge in [-0.1, -0.05) is 18.1 Å². The topological polar surface area (TPSA) is 20.2 Å². The number of aliphatic hydroxyl groups is 1. The van der Waals surface area contributed by atoms with E-state index in [1.165, 1.54) is 16.7 Å². The molecule has 1 heteroatoms. The van der Waals surface area contributed by atoms with Crippen LogP contribution in [0.1, 0.15) is 47.0 Å². The van der Waals surface area contributed by atoms with E-state index in [1.54, 1.807) is 5.57 Å². The fourth-order valence-corrected chi connectivity index (χ4v) is 2.28. The second-order valence-corrected chi connectivity index (χ2v) is 4.36. The van der Waals surface area contributed by atoms with Gasteiger partial charge in [-0.05, 0) is 57.1 Å². The monoisotopic (exact) mass is 194 g/mol. The number of hydrogen-bond acceptors (Lipinski definition) is 1. The summed E-state index contributed by atoms with van der Waals surface area (Å²) in [6, 6.07) is 0. The van der Waals surface area contributed by atoms with Crippen LogP contribution < -0.4 is 0 Å². The summed E-state index contributed by atoms with van der Waals surface area (Å²) in [6.45, 7) is 9.31. The minimum Gasteiger partial charge on any atom is -0.396 e. The zero-order valence-corrected chi connectivity index (χ0v) is 9.85. The molecule has 0 fully saturated rings. The molecular weight excluding hydrogens is 172 g/mol. The second kappa shape index (κ2) is 4.79. The highest BCUT2D eigenvalue weighted by atomic mass is 16.2. The minimum absolute atomic E-state index is 0.325. The van der Waals surface area contributed by atoms with Crippen LogP contribution in [0.15, 0.2) is 22.3 Å². The molecule has 1 N–H and O–H groups in total. The van der Waals surface area contributed by atoms with Gasteiger partial charge in [0.2, 0.25) is 0 Å². The third kappa shape index (κ3) is 2.09. The van der Waals surface area contributed by atoms with E-state index in [4.69, 9.17) is 5.11 Å². The highest BCUT2D eigenvalue weighted by Crippen LogP contribution is 2.38. The highest BCUT2D eigenvalue weighted by molar-refractivity contribution is 5.46. The molecule has 0 aliphatic heterocycles. The maximum atomic E-state index is 8.75. The maximum Gasteiger partial charge on any atom is 0.0431 e. The number of unbranched alkanes of at least 4 members (excludes halogenated alkanes) is 1. The number of aliphatic hydroxyl groups excluding tert-OH is 1. The van der Waals surface area contributed by atoms with E-state index in [1.807, 2.05) is 0 Å². The summed E-state index contributed by atoms with van der Waals surface area (Å²) in [7, 11) is 0. The first-order valence-corrected chi connectivity index (χ1v) is 5.57. The van der Waals surface area contributed by atoms with Crippen molar-refractivity contribution in [1.82, 2.24) is 0 Å². The third-order valence-corrected chi connectivity index (χ3v) is 3.66. The Balaban J connectivity index is 2.63. The summed E-state index contributed by atoms with van der Waals surface area (Å²) in [6.07, 6.45) is 3.21. The van der Waals surface area contributed by atoms with Gasteiger partial charge >= 0.3 is 0 Å². The molecule has 0 heterocycles. The summed E-state index contributed by atoms with van der Waals surface area (Å²) in [5.41, 5.74) is 6.10. The van der Waals surface area contributed by atoms with Crippen molar-refractivity contribution in [3.63, 3.8) is 0 Å². The smallest absolute Gasteiger partial charge is 0.0431 e. The molecule has 0 aromatic carbocycles. The van der Waals surface area contributed by atoms with Crippen LogP contribution >= 0.6 is 0 Å². The van der Waals surface area contributed by atoms with Gasteiger partial charge in [0.05, 0.1) is 0 Å². The Bertz CT molecular complexity index is 271.